The van der Waals surface area contributed by atoms with Crippen LogP contribution in [0.3, 0.4) is 0 Å². The minimum atomic E-state index is 0.0240. The molecule has 0 unspecified atom stereocenters. The molecule has 0 radical (unpaired) electrons. The van der Waals surface area contributed by atoms with Crippen molar-refractivity contribution in [2.45, 2.75) is 12.8 Å². The van der Waals surface area contributed by atoms with Gasteiger partial charge in [0.25, 0.3) is 0 Å². The van der Waals surface area contributed by atoms with Gasteiger partial charge in [0.05, 0.1) is 0 Å². The molecule has 6 rings (SSSR count). The Hall–Kier alpha value is -5.36. The molecule has 6 heteroatoms. The zero-order chi connectivity index (χ0) is 28.0. The second kappa shape index (κ2) is 9.75. The standard InChI is InChI=1S/C34H26O6/c35-25-10-8-22(14-23-6-5-20-7-9-26(36)17-29(20)34(23)40)27(16-25)30-13-19(4-11-32(30)38)12-24-15-21-2-1-3-31(37)28(21)18-33(24)39/h1-11,13,15-18,35-40H,12,14H2. The molecule has 0 fully saturated rings. The molecule has 0 aliphatic heterocycles. The number of phenolic OH excluding ortho intramolecular Hbond substituents is 6. The zero-order valence-electron chi connectivity index (χ0n) is 21.3. The van der Waals surface area contributed by atoms with Crippen molar-refractivity contribution in [2.75, 3.05) is 0 Å². The molecule has 6 N–H and O–H groups in total. The van der Waals surface area contributed by atoms with Crippen LogP contribution < -0.4 is 0 Å². The third kappa shape index (κ3) is 4.56. The van der Waals surface area contributed by atoms with Crippen molar-refractivity contribution >= 4 is 21.5 Å². The van der Waals surface area contributed by atoms with Crippen LogP contribution in [0.5, 0.6) is 34.5 Å². The van der Waals surface area contributed by atoms with Crippen LogP contribution in [-0.4, -0.2) is 30.6 Å². The molecular formula is C34H26O6. The number of fused-ring (bicyclic) bond motifs is 2. The summed E-state index contributed by atoms with van der Waals surface area (Å²) < 4.78 is 0. The van der Waals surface area contributed by atoms with Gasteiger partial charge in [-0.2, -0.15) is 0 Å². The molecular weight excluding hydrogens is 504 g/mol. The molecule has 6 aromatic rings. The second-order valence-electron chi connectivity index (χ2n) is 10.0. The maximum Gasteiger partial charge on any atom is 0.127 e. The normalized spacial score (nSPS) is 11.3. The molecule has 0 amide bonds. The number of hydrogen-bond donors (Lipinski definition) is 6. The molecule has 0 bridgehead atoms. The van der Waals surface area contributed by atoms with E-state index in [1.807, 2.05) is 30.3 Å². The van der Waals surface area contributed by atoms with E-state index in [1.54, 1.807) is 60.7 Å². The van der Waals surface area contributed by atoms with Crippen molar-refractivity contribution in [3.8, 4) is 45.6 Å². The summed E-state index contributed by atoms with van der Waals surface area (Å²) in [4.78, 5) is 0. The van der Waals surface area contributed by atoms with Crippen LogP contribution in [-0.2, 0) is 12.8 Å². The van der Waals surface area contributed by atoms with E-state index in [0.29, 0.717) is 45.9 Å². The lowest BCUT2D eigenvalue weighted by Gasteiger charge is -2.15. The van der Waals surface area contributed by atoms with Crippen LogP contribution in [0.1, 0.15) is 22.3 Å². The summed E-state index contributed by atoms with van der Waals surface area (Å²) in [6, 6.07) is 27.1. The molecule has 0 heterocycles. The lowest BCUT2D eigenvalue weighted by atomic mass is 9.91. The molecule has 0 aliphatic rings. The van der Waals surface area contributed by atoms with E-state index in [0.717, 1.165) is 21.9 Å². The fraction of sp³-hybridized carbons (Fsp3) is 0.0588. The van der Waals surface area contributed by atoms with Gasteiger partial charge in [0, 0.05) is 29.2 Å². The lowest BCUT2D eigenvalue weighted by Crippen LogP contribution is -1.96. The molecule has 6 aromatic carbocycles. The van der Waals surface area contributed by atoms with Gasteiger partial charge in [0.15, 0.2) is 0 Å². The summed E-state index contributed by atoms with van der Waals surface area (Å²) in [7, 11) is 0. The monoisotopic (exact) mass is 530 g/mol. The number of aromatic hydroxyl groups is 6. The SMILES string of the molecule is Oc1ccc(Cc2ccc3ccc(O)cc3c2O)c(-c2cc(Cc3cc4cccc(O)c4cc3O)ccc2O)c1. The average molecular weight is 531 g/mol. The fourth-order valence-corrected chi connectivity index (χ4v) is 5.27. The Kier molecular flexibility index (Phi) is 6.08. The highest BCUT2D eigenvalue weighted by Crippen LogP contribution is 2.39. The van der Waals surface area contributed by atoms with Gasteiger partial charge >= 0.3 is 0 Å². The predicted octanol–water partition coefficient (Wildman–Crippen LogP) is 7.08. The molecule has 0 aromatic heterocycles. The fourth-order valence-electron chi connectivity index (χ4n) is 5.27. The Bertz CT molecular complexity index is 1930. The van der Waals surface area contributed by atoms with Crippen molar-refractivity contribution in [3.63, 3.8) is 0 Å². The molecule has 0 atom stereocenters. The van der Waals surface area contributed by atoms with Crippen molar-refractivity contribution in [1.29, 1.82) is 0 Å². The Morgan fingerprint density at radius 1 is 0.425 bits per heavy atom. The highest BCUT2D eigenvalue weighted by atomic mass is 16.3. The van der Waals surface area contributed by atoms with Crippen molar-refractivity contribution in [2.24, 2.45) is 0 Å². The van der Waals surface area contributed by atoms with Gasteiger partial charge in [-0.25, -0.2) is 0 Å². The minimum Gasteiger partial charge on any atom is -0.508 e. The maximum absolute atomic E-state index is 11.0. The van der Waals surface area contributed by atoms with Crippen LogP contribution in [0.15, 0.2) is 97.1 Å². The topological polar surface area (TPSA) is 121 Å². The van der Waals surface area contributed by atoms with E-state index in [1.165, 1.54) is 6.07 Å². The summed E-state index contributed by atoms with van der Waals surface area (Å²) in [6.45, 7) is 0. The van der Waals surface area contributed by atoms with Gasteiger partial charge in [-0.3, -0.25) is 0 Å². The van der Waals surface area contributed by atoms with E-state index < -0.39 is 0 Å². The first kappa shape index (κ1) is 24.9. The van der Waals surface area contributed by atoms with E-state index >= 15 is 0 Å². The Morgan fingerprint density at radius 2 is 1.18 bits per heavy atom. The molecule has 6 nitrogen and oxygen atoms in total. The Morgan fingerprint density at radius 3 is 2.02 bits per heavy atom. The van der Waals surface area contributed by atoms with E-state index in [4.69, 9.17) is 0 Å². The summed E-state index contributed by atoms with van der Waals surface area (Å²) >= 11 is 0. The van der Waals surface area contributed by atoms with Crippen LogP contribution in [0.4, 0.5) is 0 Å². The van der Waals surface area contributed by atoms with Crippen LogP contribution >= 0.6 is 0 Å². The smallest absolute Gasteiger partial charge is 0.127 e. The van der Waals surface area contributed by atoms with Gasteiger partial charge in [0.1, 0.15) is 34.5 Å². The van der Waals surface area contributed by atoms with Crippen LogP contribution in [0.25, 0.3) is 32.7 Å². The Balaban J connectivity index is 1.39. The third-order valence-corrected chi connectivity index (χ3v) is 7.34. The molecule has 0 spiro atoms. The van der Waals surface area contributed by atoms with Gasteiger partial charge in [-0.05, 0) is 93.2 Å². The molecule has 0 saturated heterocycles. The molecule has 198 valence electrons. The zero-order valence-corrected chi connectivity index (χ0v) is 21.3. The number of rotatable bonds is 5. The summed E-state index contributed by atoms with van der Waals surface area (Å²) in [6.07, 6.45) is 0.680. The summed E-state index contributed by atoms with van der Waals surface area (Å²) in [5, 5.41) is 65.5. The first-order valence-corrected chi connectivity index (χ1v) is 12.8. The van der Waals surface area contributed by atoms with E-state index in [9.17, 15) is 30.6 Å². The predicted molar refractivity (Wildman–Crippen MR) is 155 cm³/mol. The molecule has 0 aliphatic carbocycles. The number of benzene rings is 6. The van der Waals surface area contributed by atoms with Gasteiger partial charge in [0.2, 0.25) is 0 Å². The second-order valence-corrected chi connectivity index (χ2v) is 10.0. The number of phenols is 6. The van der Waals surface area contributed by atoms with Crippen molar-refractivity contribution in [1.82, 2.24) is 0 Å². The van der Waals surface area contributed by atoms with E-state index in [2.05, 4.69) is 0 Å². The van der Waals surface area contributed by atoms with Gasteiger partial charge < -0.3 is 30.6 Å². The first-order chi connectivity index (χ1) is 19.3. The number of hydrogen-bond acceptors (Lipinski definition) is 6. The van der Waals surface area contributed by atoms with Crippen molar-refractivity contribution < 1.29 is 30.6 Å². The molecule has 40 heavy (non-hydrogen) atoms. The van der Waals surface area contributed by atoms with Crippen LogP contribution in [0.2, 0.25) is 0 Å². The summed E-state index contributed by atoms with van der Waals surface area (Å²) in [5.74, 6) is 0.319. The van der Waals surface area contributed by atoms with Crippen LogP contribution in [0, 0.1) is 0 Å². The maximum atomic E-state index is 11.0. The molecule has 0 saturated carbocycles. The quantitative estimate of drug-likeness (QED) is 0.142. The third-order valence-electron chi connectivity index (χ3n) is 7.34. The van der Waals surface area contributed by atoms with Crippen molar-refractivity contribution in [3.05, 3.63) is 119 Å². The highest BCUT2D eigenvalue weighted by Gasteiger charge is 2.16. The average Bonchev–Trinajstić information content (AvgIpc) is 2.93. The Labute approximate surface area is 229 Å². The summed E-state index contributed by atoms with van der Waals surface area (Å²) in [5.41, 5.74) is 3.98. The highest BCUT2D eigenvalue weighted by molar-refractivity contribution is 5.91. The van der Waals surface area contributed by atoms with Gasteiger partial charge in [-0.1, -0.05) is 42.5 Å². The first-order valence-electron chi connectivity index (χ1n) is 12.8. The van der Waals surface area contributed by atoms with Gasteiger partial charge in [-0.15, -0.1) is 0 Å². The van der Waals surface area contributed by atoms with E-state index in [-0.39, 0.29) is 34.5 Å². The largest absolute Gasteiger partial charge is 0.508 e. The lowest BCUT2D eigenvalue weighted by molar-refractivity contribution is 0.467. The minimum absolute atomic E-state index is 0.0240.